The summed E-state index contributed by atoms with van der Waals surface area (Å²) in [6.45, 7) is 1.63. The van der Waals surface area contributed by atoms with Crippen LogP contribution in [0.5, 0.6) is 0 Å². The second-order valence-electron chi connectivity index (χ2n) is 4.39. The number of carbonyl (C=O) groups is 1. The standard InChI is InChI=1S/C15H15FN2O/c1-10-4-3-5-13(14(10)16)15(19)18(2)12-8-6-11(17)7-9-12/h3-9H,17H2,1-2H3. The van der Waals surface area contributed by atoms with Crippen LogP contribution in [-0.2, 0) is 0 Å². The molecule has 0 aliphatic carbocycles. The number of nitrogens with zero attached hydrogens (tertiary/aromatic N) is 1. The van der Waals surface area contributed by atoms with Crippen molar-refractivity contribution in [1.29, 1.82) is 0 Å². The summed E-state index contributed by atoms with van der Waals surface area (Å²) in [4.78, 5) is 13.7. The van der Waals surface area contributed by atoms with Gasteiger partial charge < -0.3 is 10.6 Å². The Bertz CT molecular complexity index is 608. The molecule has 2 aromatic rings. The summed E-state index contributed by atoms with van der Waals surface area (Å²) in [5, 5.41) is 0. The van der Waals surface area contributed by atoms with Crippen LogP contribution in [0.15, 0.2) is 42.5 Å². The molecule has 0 saturated carbocycles. The molecule has 3 nitrogen and oxygen atoms in total. The Kier molecular flexibility index (Phi) is 3.51. The molecule has 4 heteroatoms. The normalized spacial score (nSPS) is 10.3. The molecule has 0 fully saturated rings. The van der Waals surface area contributed by atoms with E-state index in [0.29, 0.717) is 16.9 Å². The van der Waals surface area contributed by atoms with Gasteiger partial charge in [0.05, 0.1) is 5.56 Å². The number of hydrogen-bond acceptors (Lipinski definition) is 2. The van der Waals surface area contributed by atoms with Gasteiger partial charge in [-0.25, -0.2) is 4.39 Å². The molecule has 1 amide bonds. The van der Waals surface area contributed by atoms with E-state index in [2.05, 4.69) is 0 Å². The maximum absolute atomic E-state index is 13.9. The average molecular weight is 258 g/mol. The van der Waals surface area contributed by atoms with Gasteiger partial charge in [0.15, 0.2) is 0 Å². The molecule has 0 radical (unpaired) electrons. The van der Waals surface area contributed by atoms with Crippen molar-refractivity contribution in [3.63, 3.8) is 0 Å². The van der Waals surface area contributed by atoms with Gasteiger partial charge in [0, 0.05) is 18.4 Å². The minimum Gasteiger partial charge on any atom is -0.399 e. The Morgan fingerprint density at radius 2 is 1.79 bits per heavy atom. The predicted octanol–water partition coefficient (Wildman–Crippen LogP) is 2.99. The van der Waals surface area contributed by atoms with Crippen LogP contribution in [-0.4, -0.2) is 13.0 Å². The fraction of sp³-hybridized carbons (Fsp3) is 0.133. The van der Waals surface area contributed by atoms with E-state index in [1.165, 1.54) is 11.0 Å². The van der Waals surface area contributed by atoms with Crippen LogP contribution >= 0.6 is 0 Å². The van der Waals surface area contributed by atoms with Crippen LogP contribution in [0.1, 0.15) is 15.9 Å². The number of anilines is 2. The third-order valence-electron chi connectivity index (χ3n) is 3.01. The molecule has 2 aromatic carbocycles. The largest absolute Gasteiger partial charge is 0.399 e. The van der Waals surface area contributed by atoms with E-state index in [9.17, 15) is 9.18 Å². The van der Waals surface area contributed by atoms with E-state index in [0.717, 1.165) is 0 Å². The number of aryl methyl sites for hydroxylation is 1. The Balaban J connectivity index is 2.33. The zero-order valence-corrected chi connectivity index (χ0v) is 10.9. The van der Waals surface area contributed by atoms with Gasteiger partial charge in [-0.3, -0.25) is 4.79 Å². The van der Waals surface area contributed by atoms with Crippen LogP contribution < -0.4 is 10.6 Å². The van der Waals surface area contributed by atoms with Crippen molar-refractivity contribution in [3.8, 4) is 0 Å². The number of hydrogen-bond donors (Lipinski definition) is 1. The number of halogens is 1. The van der Waals surface area contributed by atoms with Gasteiger partial charge in [-0.2, -0.15) is 0 Å². The monoisotopic (exact) mass is 258 g/mol. The highest BCUT2D eigenvalue weighted by Crippen LogP contribution is 2.19. The number of rotatable bonds is 2. The summed E-state index contributed by atoms with van der Waals surface area (Å²) in [6.07, 6.45) is 0. The highest BCUT2D eigenvalue weighted by molar-refractivity contribution is 6.06. The van der Waals surface area contributed by atoms with Crippen molar-refractivity contribution in [2.24, 2.45) is 0 Å². The van der Waals surface area contributed by atoms with Crippen LogP contribution in [0.25, 0.3) is 0 Å². The Hall–Kier alpha value is -2.36. The van der Waals surface area contributed by atoms with Gasteiger partial charge in [-0.15, -0.1) is 0 Å². The van der Waals surface area contributed by atoms with E-state index in [4.69, 9.17) is 5.73 Å². The van der Waals surface area contributed by atoms with Crippen LogP contribution in [0, 0.1) is 12.7 Å². The van der Waals surface area contributed by atoms with E-state index in [1.54, 1.807) is 50.4 Å². The van der Waals surface area contributed by atoms with Crippen molar-refractivity contribution < 1.29 is 9.18 Å². The molecule has 98 valence electrons. The molecule has 0 heterocycles. The maximum Gasteiger partial charge on any atom is 0.260 e. The van der Waals surface area contributed by atoms with Gasteiger partial charge in [-0.05, 0) is 42.8 Å². The van der Waals surface area contributed by atoms with Crippen molar-refractivity contribution in [1.82, 2.24) is 0 Å². The van der Waals surface area contributed by atoms with Gasteiger partial charge >= 0.3 is 0 Å². The molecule has 0 bridgehead atoms. The molecule has 2 N–H and O–H groups in total. The van der Waals surface area contributed by atoms with Crippen LogP contribution in [0.4, 0.5) is 15.8 Å². The molecule has 19 heavy (non-hydrogen) atoms. The van der Waals surface area contributed by atoms with Gasteiger partial charge in [0.25, 0.3) is 5.91 Å². The highest BCUT2D eigenvalue weighted by atomic mass is 19.1. The number of benzene rings is 2. The van der Waals surface area contributed by atoms with Crippen molar-refractivity contribution in [3.05, 3.63) is 59.4 Å². The lowest BCUT2D eigenvalue weighted by Gasteiger charge is -2.18. The van der Waals surface area contributed by atoms with E-state index in [1.807, 2.05) is 0 Å². The SMILES string of the molecule is Cc1cccc(C(=O)N(C)c2ccc(N)cc2)c1F. The van der Waals surface area contributed by atoms with Gasteiger partial charge in [-0.1, -0.05) is 12.1 Å². The maximum atomic E-state index is 13.9. The first kappa shape index (κ1) is 13.1. The summed E-state index contributed by atoms with van der Waals surface area (Å²) in [5.41, 5.74) is 7.40. The Morgan fingerprint density at radius 3 is 2.42 bits per heavy atom. The molecule has 0 aliphatic heterocycles. The molecular weight excluding hydrogens is 243 g/mol. The summed E-state index contributed by atoms with van der Waals surface area (Å²) in [7, 11) is 1.61. The van der Waals surface area contributed by atoms with Gasteiger partial charge in [0.2, 0.25) is 0 Å². The first-order valence-electron chi connectivity index (χ1n) is 5.89. The minimum absolute atomic E-state index is 0.0688. The lowest BCUT2D eigenvalue weighted by molar-refractivity contribution is 0.0989. The lowest BCUT2D eigenvalue weighted by Crippen LogP contribution is -2.27. The zero-order chi connectivity index (χ0) is 14.0. The molecule has 0 saturated heterocycles. The van der Waals surface area contributed by atoms with Crippen molar-refractivity contribution in [2.45, 2.75) is 6.92 Å². The first-order chi connectivity index (χ1) is 9.00. The smallest absolute Gasteiger partial charge is 0.260 e. The average Bonchev–Trinajstić information content (AvgIpc) is 2.41. The number of nitrogens with two attached hydrogens (primary N) is 1. The second kappa shape index (κ2) is 5.10. The van der Waals surface area contributed by atoms with Crippen LogP contribution in [0.2, 0.25) is 0 Å². The molecule has 0 spiro atoms. The quantitative estimate of drug-likeness (QED) is 0.842. The second-order valence-corrected chi connectivity index (χ2v) is 4.39. The number of nitrogen functional groups attached to an aromatic ring is 1. The van der Waals surface area contributed by atoms with Crippen molar-refractivity contribution in [2.75, 3.05) is 17.7 Å². The van der Waals surface area contributed by atoms with E-state index in [-0.39, 0.29) is 11.5 Å². The molecule has 0 unspecified atom stereocenters. The molecule has 0 aromatic heterocycles. The number of amides is 1. The molecular formula is C15H15FN2O. The van der Waals surface area contributed by atoms with E-state index < -0.39 is 5.82 Å². The molecule has 0 aliphatic rings. The Labute approximate surface area is 111 Å². The third-order valence-corrected chi connectivity index (χ3v) is 3.01. The first-order valence-corrected chi connectivity index (χ1v) is 5.89. The molecule has 2 rings (SSSR count). The fourth-order valence-electron chi connectivity index (χ4n) is 1.81. The van der Waals surface area contributed by atoms with E-state index >= 15 is 0 Å². The lowest BCUT2D eigenvalue weighted by atomic mass is 10.1. The van der Waals surface area contributed by atoms with Crippen molar-refractivity contribution >= 4 is 17.3 Å². The molecule has 0 atom stereocenters. The summed E-state index contributed by atoms with van der Waals surface area (Å²) >= 11 is 0. The zero-order valence-electron chi connectivity index (χ0n) is 10.9. The summed E-state index contributed by atoms with van der Waals surface area (Å²) < 4.78 is 13.9. The summed E-state index contributed by atoms with van der Waals surface area (Å²) in [6, 6.07) is 11.6. The Morgan fingerprint density at radius 1 is 1.16 bits per heavy atom. The topological polar surface area (TPSA) is 46.3 Å². The number of carbonyl (C=O) groups excluding carboxylic acids is 1. The fourth-order valence-corrected chi connectivity index (χ4v) is 1.81. The van der Waals surface area contributed by atoms with Crippen LogP contribution in [0.3, 0.4) is 0 Å². The summed E-state index contributed by atoms with van der Waals surface area (Å²) in [5.74, 6) is -0.860. The highest BCUT2D eigenvalue weighted by Gasteiger charge is 2.18. The van der Waals surface area contributed by atoms with Gasteiger partial charge in [0.1, 0.15) is 5.82 Å². The predicted molar refractivity (Wildman–Crippen MR) is 74.7 cm³/mol. The minimum atomic E-state index is -0.477. The third kappa shape index (κ3) is 2.57.